The summed E-state index contributed by atoms with van der Waals surface area (Å²) >= 11 is 3.45. The Hall–Kier alpha value is -7.92. The molecule has 0 fully saturated rings. The monoisotopic (exact) mass is 891 g/mol. The molecule has 318 valence electrons. The Balaban J connectivity index is 0.000000122. The van der Waals surface area contributed by atoms with Crippen LogP contribution in [0, 0.1) is 17.5 Å². The number of thiophene rings is 1. The van der Waals surface area contributed by atoms with Gasteiger partial charge in [-0.25, -0.2) is 18.2 Å². The van der Waals surface area contributed by atoms with Crippen LogP contribution < -0.4 is 0 Å². The molecule has 5 nitrogen and oxygen atoms in total. The zero-order valence-corrected chi connectivity index (χ0v) is 36.4. The van der Waals surface area contributed by atoms with E-state index < -0.39 is 11.6 Å². The second-order valence-corrected chi connectivity index (χ2v) is 15.7. The summed E-state index contributed by atoms with van der Waals surface area (Å²) in [5.74, 6) is -1.40. The van der Waals surface area contributed by atoms with Gasteiger partial charge in [0.15, 0.2) is 0 Å². The highest BCUT2D eigenvalue weighted by Gasteiger charge is 2.07. The van der Waals surface area contributed by atoms with E-state index in [4.69, 9.17) is 0 Å². The number of thiazole rings is 1. The van der Waals surface area contributed by atoms with Crippen LogP contribution in [-0.2, 0) is 0 Å². The highest BCUT2D eigenvalue weighted by molar-refractivity contribution is 7.21. The van der Waals surface area contributed by atoms with Crippen LogP contribution in [-0.4, -0.2) is 24.9 Å². The molecule has 11 rings (SSSR count). The summed E-state index contributed by atoms with van der Waals surface area (Å²) in [4.78, 5) is 22.4. The lowest BCUT2D eigenvalue weighted by Crippen LogP contribution is -1.88. The third-order valence-electron chi connectivity index (χ3n) is 9.16. The van der Waals surface area contributed by atoms with Gasteiger partial charge in [-0.05, 0) is 109 Å². The van der Waals surface area contributed by atoms with Gasteiger partial charge in [0, 0.05) is 53.1 Å². The molecule has 0 aliphatic heterocycles. The zero-order valence-electron chi connectivity index (χ0n) is 34.8. The van der Waals surface area contributed by atoms with Crippen LogP contribution in [0.3, 0.4) is 0 Å². The summed E-state index contributed by atoms with van der Waals surface area (Å²) in [5, 5.41) is 3.15. The molecule has 0 bridgehead atoms. The normalized spacial score (nSPS) is 10.1. The van der Waals surface area contributed by atoms with Gasteiger partial charge in [-0.3, -0.25) is 19.9 Å². The summed E-state index contributed by atoms with van der Waals surface area (Å²) < 4.78 is 39.7. The molecule has 6 heterocycles. The third kappa shape index (κ3) is 13.8. The van der Waals surface area contributed by atoms with Crippen LogP contribution in [0.1, 0.15) is 0 Å². The molecule has 6 aromatic heterocycles. The van der Waals surface area contributed by atoms with Crippen LogP contribution in [0.2, 0.25) is 0 Å². The number of hydrogen-bond acceptors (Lipinski definition) is 7. The van der Waals surface area contributed by atoms with Crippen molar-refractivity contribution >= 4 is 32.9 Å². The lowest BCUT2D eigenvalue weighted by atomic mass is 10.1. The van der Waals surface area contributed by atoms with Crippen LogP contribution in [0.15, 0.2) is 242 Å². The molecule has 65 heavy (non-hydrogen) atoms. The summed E-state index contributed by atoms with van der Waals surface area (Å²) in [5.41, 5.74) is 8.14. The quantitative estimate of drug-likeness (QED) is 0.172. The van der Waals surface area contributed by atoms with E-state index in [1.807, 2.05) is 116 Å². The zero-order chi connectivity index (χ0) is 44.9. The van der Waals surface area contributed by atoms with E-state index in [2.05, 4.69) is 78.8 Å². The predicted molar refractivity (Wildman–Crippen MR) is 261 cm³/mol. The number of nitrogens with zero attached hydrogens (tertiary/aromatic N) is 5. The first kappa shape index (κ1) is 45.1. The maximum Gasteiger partial charge on any atom is 0.135 e. The highest BCUT2D eigenvalue weighted by Crippen LogP contribution is 2.29. The minimum atomic E-state index is -0.594. The van der Waals surface area contributed by atoms with E-state index in [0.717, 1.165) is 44.8 Å². The molecule has 0 saturated carbocycles. The number of hydrogen-bond donors (Lipinski definition) is 0. The van der Waals surface area contributed by atoms with Crippen molar-refractivity contribution < 1.29 is 13.2 Å². The van der Waals surface area contributed by atoms with Gasteiger partial charge in [-0.2, -0.15) is 0 Å². The van der Waals surface area contributed by atoms with Gasteiger partial charge in [0.1, 0.15) is 22.5 Å². The van der Waals surface area contributed by atoms with E-state index in [-0.39, 0.29) is 5.82 Å². The van der Waals surface area contributed by atoms with E-state index in [0.29, 0.717) is 11.3 Å². The van der Waals surface area contributed by atoms with Crippen LogP contribution in [0.5, 0.6) is 0 Å². The minimum Gasteiger partial charge on any atom is -0.256 e. The van der Waals surface area contributed by atoms with Crippen LogP contribution in [0.4, 0.5) is 13.2 Å². The molecule has 0 unspecified atom stereocenters. The van der Waals surface area contributed by atoms with Gasteiger partial charge in [0.05, 0.1) is 37.9 Å². The second-order valence-electron chi connectivity index (χ2n) is 13.7. The lowest BCUT2D eigenvalue weighted by molar-refractivity contribution is 0.585. The van der Waals surface area contributed by atoms with Crippen molar-refractivity contribution in [1.29, 1.82) is 0 Å². The number of halogens is 3. The fourth-order valence-electron chi connectivity index (χ4n) is 6.03. The lowest BCUT2D eigenvalue weighted by Gasteiger charge is -2.01. The molecule has 0 N–H and O–H groups in total. The Bertz CT molecular complexity index is 2970. The molecule has 0 atom stereocenters. The van der Waals surface area contributed by atoms with Gasteiger partial charge >= 0.3 is 0 Å². The highest BCUT2D eigenvalue weighted by atomic mass is 32.1. The molecule has 11 aromatic rings. The standard InChI is InChI=1S/C13H9NS.C11H7F2N.C11H8FN.C11H9N.C9H7NS/c1-2-6-10(7-3-1)13-14-11-8-4-5-9-12(11)15-13;12-8-4-5-9(10(13)7-8)11-3-1-2-6-14-11;12-10-6-4-9(5-7-10)11-3-1-2-8-13-11;1-2-6-10(7-3-1)11-8-4-5-9-12-11;1-2-6-10-8(4-1)9-5-3-7-11-9/h1-9H;1-7H;1-8H;1-9H;1-7H. The summed E-state index contributed by atoms with van der Waals surface area (Å²) in [6.45, 7) is 0. The number of benzene rings is 5. The third-order valence-corrected chi connectivity index (χ3v) is 11.1. The molecule has 0 aliphatic rings. The second kappa shape index (κ2) is 24.1. The van der Waals surface area contributed by atoms with E-state index >= 15 is 0 Å². The summed E-state index contributed by atoms with van der Waals surface area (Å²) in [6.07, 6.45) is 6.91. The van der Waals surface area contributed by atoms with Gasteiger partial charge in [0.2, 0.25) is 0 Å². The molecule has 0 aliphatic carbocycles. The van der Waals surface area contributed by atoms with Crippen molar-refractivity contribution in [2.24, 2.45) is 0 Å². The molecule has 5 aromatic carbocycles. The first-order valence-corrected chi connectivity index (χ1v) is 22.1. The smallest absolute Gasteiger partial charge is 0.135 e. The average Bonchev–Trinajstić information content (AvgIpc) is 4.09. The molecular formula is C55H40F3N5S2. The van der Waals surface area contributed by atoms with E-state index in [1.54, 1.807) is 65.4 Å². The number of rotatable bonds is 5. The van der Waals surface area contributed by atoms with Crippen molar-refractivity contribution in [3.8, 4) is 54.9 Å². The number of para-hydroxylation sites is 1. The van der Waals surface area contributed by atoms with Crippen LogP contribution >= 0.6 is 22.7 Å². The molecule has 0 radical (unpaired) electrons. The van der Waals surface area contributed by atoms with Gasteiger partial charge < -0.3 is 0 Å². The van der Waals surface area contributed by atoms with Gasteiger partial charge in [-0.1, -0.05) is 103 Å². The SMILES string of the molecule is Fc1ccc(-c2ccccn2)c(F)c1.Fc1ccc(-c2ccccn2)cc1.c1ccc(-c2ccccn2)cc1.c1ccc(-c2cccs2)nc1.c1ccc(-c2nc3ccccc3s2)cc1. The van der Waals surface area contributed by atoms with E-state index in [9.17, 15) is 13.2 Å². The van der Waals surface area contributed by atoms with Crippen molar-refractivity contribution in [1.82, 2.24) is 24.9 Å². The fraction of sp³-hybridized carbons (Fsp3) is 0. The number of fused-ring (bicyclic) bond motifs is 1. The number of aromatic nitrogens is 5. The molecule has 10 heteroatoms. The van der Waals surface area contributed by atoms with Crippen molar-refractivity contribution in [3.05, 3.63) is 260 Å². The van der Waals surface area contributed by atoms with Crippen molar-refractivity contribution in [3.63, 3.8) is 0 Å². The Morgan fingerprint density at radius 1 is 0.369 bits per heavy atom. The maximum atomic E-state index is 13.3. The first-order chi connectivity index (χ1) is 32.0. The Morgan fingerprint density at radius 3 is 1.38 bits per heavy atom. The Morgan fingerprint density at radius 2 is 0.862 bits per heavy atom. The van der Waals surface area contributed by atoms with Crippen molar-refractivity contribution in [2.45, 2.75) is 0 Å². The number of pyridine rings is 4. The molecular weight excluding hydrogens is 852 g/mol. The minimum absolute atomic E-state index is 0.223. The Labute approximate surface area is 384 Å². The first-order valence-electron chi connectivity index (χ1n) is 20.4. The predicted octanol–water partition coefficient (Wildman–Crippen LogP) is 15.4. The average molecular weight is 892 g/mol. The van der Waals surface area contributed by atoms with E-state index in [1.165, 1.54) is 39.4 Å². The van der Waals surface area contributed by atoms with Crippen LogP contribution in [0.25, 0.3) is 65.1 Å². The molecule has 0 saturated heterocycles. The molecule has 0 spiro atoms. The molecule has 0 amide bonds. The van der Waals surface area contributed by atoms with Gasteiger partial charge in [0.25, 0.3) is 0 Å². The fourth-order valence-corrected chi connectivity index (χ4v) is 7.70. The van der Waals surface area contributed by atoms with Gasteiger partial charge in [-0.15, -0.1) is 22.7 Å². The Kier molecular flexibility index (Phi) is 16.7. The topological polar surface area (TPSA) is 64.5 Å². The maximum absolute atomic E-state index is 13.3. The summed E-state index contributed by atoms with van der Waals surface area (Å²) in [6, 6.07) is 65.3. The summed E-state index contributed by atoms with van der Waals surface area (Å²) in [7, 11) is 0. The largest absolute Gasteiger partial charge is 0.256 e. The van der Waals surface area contributed by atoms with Crippen molar-refractivity contribution in [2.75, 3.05) is 0 Å².